The fraction of sp³-hybridized carbons (Fsp3) is 0.412. The Morgan fingerprint density at radius 1 is 1.48 bits per heavy atom. The van der Waals surface area contributed by atoms with Gasteiger partial charge >= 0.3 is 0 Å². The van der Waals surface area contributed by atoms with Crippen molar-refractivity contribution in [1.29, 1.82) is 0 Å². The number of thioether (sulfide) groups is 1. The lowest BCUT2D eigenvalue weighted by molar-refractivity contribution is 0.0948. The fourth-order valence-electron chi connectivity index (χ4n) is 3.03. The van der Waals surface area contributed by atoms with Gasteiger partial charge in [0.1, 0.15) is 0 Å². The van der Waals surface area contributed by atoms with Crippen molar-refractivity contribution in [2.24, 2.45) is 7.05 Å². The second-order valence-electron chi connectivity index (χ2n) is 5.75. The molecule has 0 unspecified atom stereocenters. The largest absolute Gasteiger partial charge is 0.346 e. The number of aromatic nitrogens is 2. The maximum absolute atomic E-state index is 12.6. The van der Waals surface area contributed by atoms with Crippen LogP contribution in [0.5, 0.6) is 0 Å². The molecule has 3 rings (SSSR count). The van der Waals surface area contributed by atoms with Crippen molar-refractivity contribution in [2.75, 3.05) is 19.3 Å². The van der Waals surface area contributed by atoms with Gasteiger partial charge in [0.15, 0.2) is 5.16 Å². The van der Waals surface area contributed by atoms with E-state index in [2.05, 4.69) is 21.7 Å². The molecule has 0 aliphatic carbocycles. The summed E-state index contributed by atoms with van der Waals surface area (Å²) in [5.41, 5.74) is 2.93. The lowest BCUT2D eigenvalue weighted by atomic mass is 9.93. The summed E-state index contributed by atoms with van der Waals surface area (Å²) in [6, 6.07) is 7.93. The van der Waals surface area contributed by atoms with Gasteiger partial charge in [-0.1, -0.05) is 30.0 Å². The van der Waals surface area contributed by atoms with E-state index in [1.165, 1.54) is 0 Å². The van der Waals surface area contributed by atoms with Crippen LogP contribution >= 0.6 is 11.8 Å². The second kappa shape index (κ2) is 7.19. The number of hydrogen-bond acceptors (Lipinski definition) is 4. The van der Waals surface area contributed by atoms with Gasteiger partial charge in [-0.15, -0.1) is 0 Å². The molecule has 1 atom stereocenters. The van der Waals surface area contributed by atoms with Gasteiger partial charge in [0.2, 0.25) is 0 Å². The van der Waals surface area contributed by atoms with Crippen molar-refractivity contribution >= 4 is 17.7 Å². The molecule has 0 radical (unpaired) electrons. The first kappa shape index (κ1) is 16.1. The smallest absolute Gasteiger partial charge is 0.251 e. The molecule has 23 heavy (non-hydrogen) atoms. The number of hydrogen-bond donors (Lipinski definition) is 2. The molecule has 2 heterocycles. The molecular weight excluding hydrogens is 308 g/mol. The average Bonchev–Trinajstić information content (AvgIpc) is 3.22. The van der Waals surface area contributed by atoms with Crippen LogP contribution in [0, 0.1) is 0 Å². The number of rotatable bonds is 5. The first-order valence-electron chi connectivity index (χ1n) is 7.83. The molecule has 1 saturated heterocycles. The number of nitrogens with zero attached hydrogens (tertiary/aromatic N) is 2. The van der Waals surface area contributed by atoms with Crippen LogP contribution in [0.2, 0.25) is 0 Å². The summed E-state index contributed by atoms with van der Waals surface area (Å²) >= 11 is 1.60. The molecule has 1 fully saturated rings. The highest BCUT2D eigenvalue weighted by molar-refractivity contribution is 7.98. The summed E-state index contributed by atoms with van der Waals surface area (Å²) < 4.78 is 2.01. The van der Waals surface area contributed by atoms with Crippen LogP contribution in [0.4, 0.5) is 0 Å². The third kappa shape index (κ3) is 3.43. The maximum atomic E-state index is 12.6. The van der Waals surface area contributed by atoms with Crippen LogP contribution in [0.1, 0.15) is 34.0 Å². The number of amides is 1. The molecule has 0 saturated carbocycles. The molecule has 1 amide bonds. The quantitative estimate of drug-likeness (QED) is 0.825. The summed E-state index contributed by atoms with van der Waals surface area (Å²) in [4.78, 5) is 16.9. The standard InChI is InChI=1S/C17H22N4OS/c1-21-13(11-20-17(21)23-2)10-19-16(22)15-6-4-3-5-14(15)12-7-8-18-9-12/h3-6,11-12,18H,7-10H2,1-2H3,(H,19,22)/t12-/m1/s1. The summed E-state index contributed by atoms with van der Waals surface area (Å²) in [6.45, 7) is 2.45. The number of carbonyl (C=O) groups is 1. The Labute approximate surface area is 140 Å². The minimum absolute atomic E-state index is 0.0144. The van der Waals surface area contributed by atoms with E-state index in [-0.39, 0.29) is 5.91 Å². The molecule has 2 N–H and O–H groups in total. The van der Waals surface area contributed by atoms with Crippen LogP contribution < -0.4 is 10.6 Å². The van der Waals surface area contributed by atoms with Gasteiger partial charge < -0.3 is 15.2 Å². The van der Waals surface area contributed by atoms with Crippen LogP contribution in [0.15, 0.2) is 35.6 Å². The van der Waals surface area contributed by atoms with Crippen LogP contribution in [0.3, 0.4) is 0 Å². The number of carbonyl (C=O) groups excluding carboxylic acids is 1. The first-order chi connectivity index (χ1) is 11.2. The van der Waals surface area contributed by atoms with E-state index in [0.717, 1.165) is 41.5 Å². The predicted molar refractivity (Wildman–Crippen MR) is 92.8 cm³/mol. The Morgan fingerprint density at radius 3 is 3.00 bits per heavy atom. The first-order valence-corrected chi connectivity index (χ1v) is 9.05. The van der Waals surface area contributed by atoms with Crippen molar-refractivity contribution < 1.29 is 4.79 Å². The molecule has 1 aromatic carbocycles. The van der Waals surface area contributed by atoms with E-state index >= 15 is 0 Å². The van der Waals surface area contributed by atoms with Gasteiger partial charge in [0, 0.05) is 19.2 Å². The highest BCUT2D eigenvalue weighted by Crippen LogP contribution is 2.25. The van der Waals surface area contributed by atoms with Crippen molar-refractivity contribution in [2.45, 2.75) is 24.0 Å². The van der Waals surface area contributed by atoms with Gasteiger partial charge in [0.05, 0.1) is 18.4 Å². The van der Waals surface area contributed by atoms with E-state index in [9.17, 15) is 4.79 Å². The SMILES string of the molecule is CSc1ncc(CNC(=O)c2ccccc2[C@@H]2CCNC2)n1C. The fourth-order valence-corrected chi connectivity index (χ4v) is 3.57. The van der Waals surface area contributed by atoms with E-state index in [0.29, 0.717) is 12.5 Å². The Balaban J connectivity index is 1.72. The molecule has 6 heteroatoms. The minimum Gasteiger partial charge on any atom is -0.346 e. The monoisotopic (exact) mass is 330 g/mol. The van der Waals surface area contributed by atoms with Gasteiger partial charge in [-0.25, -0.2) is 4.98 Å². The Kier molecular flexibility index (Phi) is 5.03. The second-order valence-corrected chi connectivity index (χ2v) is 6.53. The molecule has 1 aliphatic heterocycles. The van der Waals surface area contributed by atoms with Gasteiger partial charge in [-0.2, -0.15) is 0 Å². The van der Waals surface area contributed by atoms with Crippen LogP contribution in [0.25, 0.3) is 0 Å². The van der Waals surface area contributed by atoms with Crippen molar-refractivity contribution in [3.05, 3.63) is 47.3 Å². The maximum Gasteiger partial charge on any atom is 0.251 e. The Hall–Kier alpha value is -1.79. The lowest BCUT2D eigenvalue weighted by Crippen LogP contribution is -2.25. The number of benzene rings is 1. The molecule has 0 bridgehead atoms. The zero-order valence-corrected chi connectivity index (χ0v) is 14.3. The number of imidazole rings is 1. The summed E-state index contributed by atoms with van der Waals surface area (Å²) in [6.07, 6.45) is 4.90. The molecule has 122 valence electrons. The zero-order valence-electron chi connectivity index (χ0n) is 13.5. The molecule has 1 aliphatic rings. The van der Waals surface area contributed by atoms with E-state index in [1.54, 1.807) is 11.8 Å². The van der Waals surface area contributed by atoms with E-state index in [1.807, 2.05) is 42.3 Å². The van der Waals surface area contributed by atoms with Gasteiger partial charge in [-0.3, -0.25) is 4.79 Å². The van der Waals surface area contributed by atoms with Crippen molar-refractivity contribution in [3.63, 3.8) is 0 Å². The average molecular weight is 330 g/mol. The summed E-state index contributed by atoms with van der Waals surface area (Å²) in [5.74, 6) is 0.413. The Bertz CT molecular complexity index is 692. The lowest BCUT2D eigenvalue weighted by Gasteiger charge is -2.14. The highest BCUT2D eigenvalue weighted by atomic mass is 32.2. The number of nitrogens with one attached hydrogen (secondary N) is 2. The topological polar surface area (TPSA) is 59.0 Å². The summed E-state index contributed by atoms with van der Waals surface area (Å²) in [5, 5.41) is 7.34. The molecule has 0 spiro atoms. The van der Waals surface area contributed by atoms with Gasteiger partial charge in [-0.05, 0) is 36.8 Å². The van der Waals surface area contributed by atoms with E-state index < -0.39 is 0 Å². The molecule has 5 nitrogen and oxygen atoms in total. The third-order valence-electron chi connectivity index (χ3n) is 4.36. The normalized spacial score (nSPS) is 17.4. The zero-order chi connectivity index (χ0) is 16.2. The molecule has 2 aromatic rings. The minimum atomic E-state index is -0.0144. The molecule has 1 aromatic heterocycles. The highest BCUT2D eigenvalue weighted by Gasteiger charge is 2.22. The van der Waals surface area contributed by atoms with E-state index in [4.69, 9.17) is 0 Å². The van der Waals surface area contributed by atoms with Crippen LogP contribution in [-0.4, -0.2) is 34.8 Å². The third-order valence-corrected chi connectivity index (χ3v) is 5.10. The summed E-state index contributed by atoms with van der Waals surface area (Å²) in [7, 11) is 1.97. The Morgan fingerprint density at radius 2 is 2.30 bits per heavy atom. The van der Waals surface area contributed by atoms with Crippen molar-refractivity contribution in [3.8, 4) is 0 Å². The van der Waals surface area contributed by atoms with Gasteiger partial charge in [0.25, 0.3) is 5.91 Å². The van der Waals surface area contributed by atoms with Crippen molar-refractivity contribution in [1.82, 2.24) is 20.2 Å². The van der Waals surface area contributed by atoms with Crippen LogP contribution in [-0.2, 0) is 13.6 Å². The predicted octanol–water partition coefficient (Wildman–Crippen LogP) is 2.15. The molecular formula is C17H22N4OS.